The Morgan fingerprint density at radius 2 is 1.70 bits per heavy atom. The molecule has 1 unspecified atom stereocenters. The average Bonchev–Trinajstić information content (AvgIpc) is 3.24. The molecule has 1 N–H and O–H groups in total. The molecular weight excluding hydrogens is 578 g/mol. The van der Waals surface area contributed by atoms with Gasteiger partial charge in [-0.25, -0.2) is 9.59 Å². The fraction of sp³-hybridized carbons (Fsp3) is 0.412. The third kappa shape index (κ3) is 7.69. The number of alkyl carbamates (subject to hydrolysis) is 1. The van der Waals surface area contributed by atoms with Gasteiger partial charge in [0.15, 0.2) is 0 Å². The number of carbonyl (C=O) groups is 2. The molecule has 0 aliphatic heterocycles. The Hall–Kier alpha value is -4.11. The van der Waals surface area contributed by atoms with Crippen LogP contribution in [-0.2, 0) is 11.3 Å². The van der Waals surface area contributed by atoms with E-state index in [0.717, 1.165) is 11.1 Å². The Morgan fingerprint density at radius 1 is 1.05 bits per heavy atom. The molecule has 2 aromatic heterocycles. The van der Waals surface area contributed by atoms with Crippen LogP contribution in [0.15, 0.2) is 65.5 Å². The Kier molecular flexibility index (Phi) is 10.2. The second kappa shape index (κ2) is 13.7. The normalized spacial score (nSPS) is 12.4. The molecule has 0 saturated heterocycles. The molecule has 0 aliphatic carbocycles. The second-order valence-electron chi connectivity index (χ2n) is 12.5. The van der Waals surface area contributed by atoms with Crippen molar-refractivity contribution in [3.8, 4) is 0 Å². The van der Waals surface area contributed by atoms with Crippen molar-refractivity contribution < 1.29 is 14.3 Å². The Morgan fingerprint density at radius 3 is 2.32 bits per heavy atom. The first kappa shape index (κ1) is 32.8. The number of aryl methyl sites for hydroxylation is 2. The van der Waals surface area contributed by atoms with E-state index in [4.69, 9.17) is 16.3 Å². The Balaban J connectivity index is 1.80. The summed E-state index contributed by atoms with van der Waals surface area (Å²) in [6, 6.07) is 18.5. The molecule has 10 heteroatoms. The summed E-state index contributed by atoms with van der Waals surface area (Å²) in [5.41, 5.74) is 3.27. The van der Waals surface area contributed by atoms with Crippen molar-refractivity contribution in [3.05, 3.63) is 104 Å². The van der Waals surface area contributed by atoms with E-state index in [1.807, 2.05) is 102 Å². The van der Waals surface area contributed by atoms with Gasteiger partial charge in [-0.3, -0.25) is 9.36 Å². The molecule has 234 valence electrons. The minimum Gasteiger partial charge on any atom is -0.444 e. The topological polar surface area (TPSA) is 97.9 Å². The van der Waals surface area contributed by atoms with Gasteiger partial charge in [0.1, 0.15) is 5.60 Å². The van der Waals surface area contributed by atoms with Crippen LogP contribution in [0.3, 0.4) is 0 Å². The number of benzene rings is 2. The molecule has 4 rings (SSSR count). The van der Waals surface area contributed by atoms with Gasteiger partial charge in [-0.05, 0) is 70.7 Å². The summed E-state index contributed by atoms with van der Waals surface area (Å²) in [5, 5.41) is 7.61. The number of carbonyl (C=O) groups excluding carboxylic acids is 2. The molecule has 0 bridgehead atoms. The van der Waals surface area contributed by atoms with Crippen LogP contribution in [-0.4, -0.2) is 49.8 Å². The van der Waals surface area contributed by atoms with Crippen LogP contribution in [0.5, 0.6) is 0 Å². The quantitative estimate of drug-likeness (QED) is 0.203. The minimum atomic E-state index is -0.616. The molecule has 0 fully saturated rings. The fourth-order valence-corrected chi connectivity index (χ4v) is 5.43. The summed E-state index contributed by atoms with van der Waals surface area (Å²) in [7, 11) is 0. The third-order valence-corrected chi connectivity index (χ3v) is 7.75. The summed E-state index contributed by atoms with van der Waals surface area (Å²) in [4.78, 5) is 42.4. The molecule has 2 amide bonds. The predicted molar refractivity (Wildman–Crippen MR) is 173 cm³/mol. The summed E-state index contributed by atoms with van der Waals surface area (Å²) >= 11 is 6.65. The van der Waals surface area contributed by atoms with Gasteiger partial charge in [-0.15, -0.1) is 0 Å². The van der Waals surface area contributed by atoms with Crippen LogP contribution < -0.4 is 11.0 Å². The van der Waals surface area contributed by atoms with Crippen LogP contribution in [0, 0.1) is 19.8 Å². The lowest BCUT2D eigenvalue weighted by Gasteiger charge is -2.36. The molecule has 4 aromatic rings. The maximum atomic E-state index is 14.3. The van der Waals surface area contributed by atoms with Crippen LogP contribution in [0.1, 0.15) is 80.0 Å². The molecule has 0 spiro atoms. The second-order valence-corrected chi connectivity index (χ2v) is 12.8. The molecular formula is C34H42ClN5O4. The van der Waals surface area contributed by atoms with E-state index in [9.17, 15) is 14.4 Å². The highest BCUT2D eigenvalue weighted by molar-refractivity contribution is 6.34. The van der Waals surface area contributed by atoms with Crippen molar-refractivity contribution in [2.75, 3.05) is 13.1 Å². The number of fused-ring (bicyclic) bond motifs is 1. The monoisotopic (exact) mass is 619 g/mol. The summed E-state index contributed by atoms with van der Waals surface area (Å²) in [6.45, 7) is 14.1. The SMILES string of the molecule is Cc1ccc(C(=O)N(CCCNC(=O)OC(C)(C)C)C(c2cc3c(Cl)c(C)nn3c(=O)n2Cc2ccccc2)C(C)C)cc1. The average molecular weight is 620 g/mol. The summed E-state index contributed by atoms with van der Waals surface area (Å²) in [5.74, 6) is -0.259. The first-order valence-electron chi connectivity index (χ1n) is 14.9. The van der Waals surface area contributed by atoms with Crippen molar-refractivity contribution in [2.24, 2.45) is 5.92 Å². The lowest BCUT2D eigenvalue weighted by Crippen LogP contribution is -2.43. The smallest absolute Gasteiger partial charge is 0.407 e. The van der Waals surface area contributed by atoms with Crippen LogP contribution in [0.4, 0.5) is 4.79 Å². The minimum absolute atomic E-state index is 0.0881. The Bertz CT molecular complexity index is 1670. The lowest BCUT2D eigenvalue weighted by atomic mass is 9.96. The van der Waals surface area contributed by atoms with Crippen molar-refractivity contribution in [2.45, 2.75) is 73.1 Å². The first-order valence-corrected chi connectivity index (χ1v) is 15.3. The van der Waals surface area contributed by atoms with E-state index in [1.54, 1.807) is 16.4 Å². The zero-order valence-corrected chi connectivity index (χ0v) is 27.3. The predicted octanol–water partition coefficient (Wildman–Crippen LogP) is 6.57. The number of hydrogen-bond donors (Lipinski definition) is 1. The number of nitrogens with one attached hydrogen (secondary N) is 1. The molecule has 2 aromatic carbocycles. The van der Waals surface area contributed by atoms with Gasteiger partial charge in [0.05, 0.1) is 28.8 Å². The van der Waals surface area contributed by atoms with E-state index in [0.29, 0.717) is 47.0 Å². The molecule has 2 heterocycles. The summed E-state index contributed by atoms with van der Waals surface area (Å²) < 4.78 is 8.39. The zero-order valence-electron chi connectivity index (χ0n) is 26.6. The van der Waals surface area contributed by atoms with E-state index >= 15 is 0 Å². The van der Waals surface area contributed by atoms with Crippen LogP contribution >= 0.6 is 11.6 Å². The zero-order chi connectivity index (χ0) is 32.2. The number of hydrogen-bond acceptors (Lipinski definition) is 5. The molecule has 0 aliphatic rings. The number of ether oxygens (including phenoxy) is 1. The largest absolute Gasteiger partial charge is 0.444 e. The fourth-order valence-electron chi connectivity index (χ4n) is 5.25. The van der Waals surface area contributed by atoms with E-state index in [2.05, 4.69) is 10.4 Å². The standard InChI is InChI=1S/C34H42ClN5O4/c1-22(2)30(28-20-27-29(35)24(4)37-40(27)33(43)39(28)21-25-12-9-8-10-13-25)38(31(41)26-16-14-23(3)15-17-26)19-11-18-36-32(42)44-34(5,6)7/h8-10,12-17,20,22,30H,11,18-19,21H2,1-7H3,(H,36,42). The van der Waals surface area contributed by atoms with Crippen molar-refractivity contribution in [3.63, 3.8) is 0 Å². The van der Waals surface area contributed by atoms with Gasteiger partial charge < -0.3 is 15.0 Å². The van der Waals surface area contributed by atoms with Gasteiger partial charge in [0.25, 0.3) is 5.91 Å². The highest BCUT2D eigenvalue weighted by Gasteiger charge is 2.32. The van der Waals surface area contributed by atoms with Gasteiger partial charge in [0.2, 0.25) is 0 Å². The maximum absolute atomic E-state index is 14.3. The number of nitrogens with zero attached hydrogens (tertiary/aromatic N) is 4. The van der Waals surface area contributed by atoms with E-state index in [-0.39, 0.29) is 24.1 Å². The van der Waals surface area contributed by atoms with Gasteiger partial charge in [-0.2, -0.15) is 9.61 Å². The van der Waals surface area contributed by atoms with Crippen molar-refractivity contribution >= 4 is 29.1 Å². The number of rotatable bonds is 10. The van der Waals surface area contributed by atoms with Gasteiger partial charge >= 0.3 is 11.8 Å². The van der Waals surface area contributed by atoms with Gasteiger partial charge in [0, 0.05) is 24.3 Å². The first-order chi connectivity index (χ1) is 20.8. The van der Waals surface area contributed by atoms with Crippen LogP contribution in [0.2, 0.25) is 5.02 Å². The van der Waals surface area contributed by atoms with E-state index < -0.39 is 17.7 Å². The third-order valence-electron chi connectivity index (χ3n) is 7.29. The molecule has 0 saturated carbocycles. The number of amides is 2. The molecule has 0 radical (unpaired) electrons. The number of halogens is 1. The number of aromatic nitrogens is 3. The van der Waals surface area contributed by atoms with E-state index in [1.165, 1.54) is 4.52 Å². The maximum Gasteiger partial charge on any atom is 0.407 e. The van der Waals surface area contributed by atoms with Gasteiger partial charge in [-0.1, -0.05) is 73.5 Å². The molecule has 1 atom stereocenters. The Labute approximate surface area is 263 Å². The summed E-state index contributed by atoms with van der Waals surface area (Å²) in [6.07, 6.45) is -0.0418. The van der Waals surface area contributed by atoms with Crippen molar-refractivity contribution in [1.29, 1.82) is 0 Å². The highest BCUT2D eigenvalue weighted by atomic mass is 35.5. The molecule has 9 nitrogen and oxygen atoms in total. The van der Waals surface area contributed by atoms with Crippen molar-refractivity contribution in [1.82, 2.24) is 24.4 Å². The van der Waals surface area contributed by atoms with Crippen LogP contribution in [0.25, 0.3) is 5.52 Å². The highest BCUT2D eigenvalue weighted by Crippen LogP contribution is 2.33. The lowest BCUT2D eigenvalue weighted by molar-refractivity contribution is 0.0520. The molecule has 44 heavy (non-hydrogen) atoms.